The molecule has 1 N–H and O–H groups in total. The molecule has 24 heavy (non-hydrogen) atoms. The summed E-state index contributed by atoms with van der Waals surface area (Å²) in [5.41, 5.74) is 2.01. The second-order valence-electron chi connectivity index (χ2n) is 5.52. The number of rotatable bonds is 5. The highest BCUT2D eigenvalue weighted by atomic mass is 16.6. The number of hydrogen-bond acceptors (Lipinski definition) is 4. The number of H-pyrrole nitrogens is 1. The van der Waals surface area contributed by atoms with Gasteiger partial charge in [0.2, 0.25) is 5.78 Å². The second kappa shape index (κ2) is 6.16. The highest BCUT2D eigenvalue weighted by Gasteiger charge is 2.25. The van der Waals surface area contributed by atoms with E-state index in [0.29, 0.717) is 5.56 Å². The van der Waals surface area contributed by atoms with Crippen LogP contribution in [0.4, 0.5) is 5.69 Å². The van der Waals surface area contributed by atoms with Gasteiger partial charge in [0.1, 0.15) is 0 Å². The van der Waals surface area contributed by atoms with Crippen molar-refractivity contribution in [2.24, 2.45) is 0 Å². The van der Waals surface area contributed by atoms with Gasteiger partial charge < -0.3 is 9.72 Å². The number of Topliss-reactive ketones (excluding diaryl/α,β-unsaturated/α-hetero) is 1. The molecule has 3 aromatic rings. The fourth-order valence-corrected chi connectivity index (χ4v) is 2.75. The minimum atomic E-state index is -0.844. The topological polar surface area (TPSA) is 85.2 Å². The molecule has 1 unspecified atom stereocenters. The van der Waals surface area contributed by atoms with Gasteiger partial charge >= 0.3 is 5.69 Å². The molecule has 1 aromatic heterocycles. The van der Waals surface area contributed by atoms with E-state index in [-0.39, 0.29) is 17.2 Å². The number of aromatic amines is 1. The molecule has 0 amide bonds. The number of nitrogens with one attached hydrogen (secondary N) is 1. The predicted octanol–water partition coefficient (Wildman–Crippen LogP) is 4.03. The van der Waals surface area contributed by atoms with E-state index >= 15 is 0 Å². The van der Waals surface area contributed by atoms with Gasteiger partial charge in [-0.3, -0.25) is 14.9 Å². The van der Waals surface area contributed by atoms with Gasteiger partial charge in [-0.2, -0.15) is 0 Å². The number of nitrogens with zero attached hydrogens (tertiary/aromatic N) is 1. The fourth-order valence-electron chi connectivity index (χ4n) is 2.75. The van der Waals surface area contributed by atoms with Crippen molar-refractivity contribution in [1.82, 2.24) is 4.98 Å². The Morgan fingerprint density at radius 3 is 2.58 bits per heavy atom. The molecule has 0 saturated carbocycles. The first-order chi connectivity index (χ1) is 11.5. The summed E-state index contributed by atoms with van der Waals surface area (Å²) in [6.45, 7) is 3.42. The number of nitro groups is 1. The van der Waals surface area contributed by atoms with Crippen molar-refractivity contribution in [2.75, 3.05) is 0 Å². The summed E-state index contributed by atoms with van der Waals surface area (Å²) in [6, 6.07) is 13.5. The standard InChI is InChI=1S/C18H16N2O4/c1-11-17(13-7-3-4-8-14(13)19-11)18(21)12(2)24-16-10-6-5-9-15(16)20(22)23/h3-10,12,19H,1-2H3. The van der Waals surface area contributed by atoms with Crippen LogP contribution in [-0.4, -0.2) is 21.8 Å². The Labute approximate surface area is 138 Å². The first-order valence-electron chi connectivity index (χ1n) is 7.50. The van der Waals surface area contributed by atoms with Gasteiger partial charge in [-0.1, -0.05) is 30.3 Å². The molecule has 0 saturated heterocycles. The van der Waals surface area contributed by atoms with Crippen LogP contribution in [0.1, 0.15) is 23.0 Å². The number of benzene rings is 2. The Hall–Kier alpha value is -3.15. The highest BCUT2D eigenvalue weighted by molar-refractivity contribution is 6.11. The molecule has 6 nitrogen and oxygen atoms in total. The molecule has 3 rings (SSSR count). The quantitative estimate of drug-likeness (QED) is 0.436. The van der Waals surface area contributed by atoms with Crippen molar-refractivity contribution in [2.45, 2.75) is 20.0 Å². The van der Waals surface area contributed by atoms with Crippen molar-refractivity contribution in [1.29, 1.82) is 0 Å². The third kappa shape index (κ3) is 2.74. The number of para-hydroxylation sites is 3. The Morgan fingerprint density at radius 2 is 1.83 bits per heavy atom. The molecule has 0 aliphatic carbocycles. The number of aromatic nitrogens is 1. The van der Waals surface area contributed by atoms with Crippen LogP contribution in [0.2, 0.25) is 0 Å². The van der Waals surface area contributed by atoms with Gasteiger partial charge in [0, 0.05) is 28.2 Å². The summed E-state index contributed by atoms with van der Waals surface area (Å²) in [5, 5.41) is 11.9. The van der Waals surface area contributed by atoms with Crippen molar-refractivity contribution in [3.63, 3.8) is 0 Å². The van der Waals surface area contributed by atoms with E-state index in [0.717, 1.165) is 16.6 Å². The van der Waals surface area contributed by atoms with Crippen LogP contribution in [-0.2, 0) is 0 Å². The van der Waals surface area contributed by atoms with Crippen LogP contribution < -0.4 is 4.74 Å². The summed E-state index contributed by atoms with van der Waals surface area (Å²) >= 11 is 0. The number of aryl methyl sites for hydroxylation is 1. The minimum absolute atomic E-state index is 0.0841. The summed E-state index contributed by atoms with van der Waals surface area (Å²) in [4.78, 5) is 26.5. The molecule has 0 radical (unpaired) electrons. The maximum absolute atomic E-state index is 12.8. The molecule has 6 heteroatoms. The number of fused-ring (bicyclic) bond motifs is 1. The number of carbonyl (C=O) groups excluding carboxylic acids is 1. The monoisotopic (exact) mass is 324 g/mol. The largest absolute Gasteiger partial charge is 0.475 e. The maximum Gasteiger partial charge on any atom is 0.310 e. The molecule has 0 aliphatic heterocycles. The van der Waals surface area contributed by atoms with E-state index in [9.17, 15) is 14.9 Å². The number of carbonyl (C=O) groups is 1. The van der Waals surface area contributed by atoms with Crippen molar-refractivity contribution in [3.05, 3.63) is 69.9 Å². The predicted molar refractivity (Wildman–Crippen MR) is 90.6 cm³/mol. The Kier molecular flexibility index (Phi) is 4.04. The maximum atomic E-state index is 12.8. The van der Waals surface area contributed by atoms with Gasteiger partial charge in [0.25, 0.3) is 0 Å². The lowest BCUT2D eigenvalue weighted by Crippen LogP contribution is -2.24. The normalized spacial score (nSPS) is 12.1. The molecule has 0 fully saturated rings. The van der Waals surface area contributed by atoms with E-state index < -0.39 is 11.0 Å². The van der Waals surface area contributed by atoms with Crippen molar-refractivity contribution >= 4 is 22.4 Å². The lowest BCUT2D eigenvalue weighted by atomic mass is 10.0. The number of nitro benzene ring substituents is 1. The molecular weight excluding hydrogens is 308 g/mol. The lowest BCUT2D eigenvalue weighted by molar-refractivity contribution is -0.386. The zero-order valence-corrected chi connectivity index (χ0v) is 13.3. The van der Waals surface area contributed by atoms with Crippen molar-refractivity contribution in [3.8, 4) is 5.75 Å². The summed E-state index contributed by atoms with van der Waals surface area (Å²) in [6.07, 6.45) is -0.844. The van der Waals surface area contributed by atoms with E-state index in [1.165, 1.54) is 12.1 Å². The summed E-state index contributed by atoms with van der Waals surface area (Å²) in [7, 11) is 0. The Morgan fingerprint density at radius 1 is 1.17 bits per heavy atom. The minimum Gasteiger partial charge on any atom is -0.475 e. The lowest BCUT2D eigenvalue weighted by Gasteiger charge is -2.14. The fraction of sp³-hybridized carbons (Fsp3) is 0.167. The number of hydrogen-bond donors (Lipinski definition) is 1. The molecular formula is C18H16N2O4. The molecule has 122 valence electrons. The Bertz CT molecular complexity index is 930. The smallest absolute Gasteiger partial charge is 0.310 e. The zero-order chi connectivity index (χ0) is 17.3. The summed E-state index contributed by atoms with van der Waals surface area (Å²) < 4.78 is 5.59. The van der Waals surface area contributed by atoms with Gasteiger partial charge in [0.05, 0.1) is 4.92 Å². The summed E-state index contributed by atoms with van der Waals surface area (Å²) in [5.74, 6) is -0.135. The van der Waals surface area contributed by atoms with Crippen LogP contribution in [0.25, 0.3) is 10.9 Å². The highest BCUT2D eigenvalue weighted by Crippen LogP contribution is 2.29. The van der Waals surface area contributed by atoms with Crippen LogP contribution >= 0.6 is 0 Å². The zero-order valence-electron chi connectivity index (χ0n) is 13.3. The third-order valence-corrected chi connectivity index (χ3v) is 3.87. The number of ketones is 1. The van der Waals surface area contributed by atoms with Gasteiger partial charge in [-0.15, -0.1) is 0 Å². The second-order valence-corrected chi connectivity index (χ2v) is 5.52. The van der Waals surface area contributed by atoms with E-state index in [1.54, 1.807) is 19.1 Å². The molecule has 2 aromatic carbocycles. The number of ether oxygens (including phenoxy) is 1. The van der Waals surface area contributed by atoms with Crippen LogP contribution in [0.3, 0.4) is 0 Å². The molecule has 1 atom stereocenters. The van der Waals surface area contributed by atoms with E-state index in [1.807, 2.05) is 31.2 Å². The molecule has 0 spiro atoms. The molecule has 0 bridgehead atoms. The van der Waals surface area contributed by atoms with Crippen LogP contribution in [0.5, 0.6) is 5.75 Å². The average molecular weight is 324 g/mol. The van der Waals surface area contributed by atoms with Gasteiger partial charge in [-0.25, -0.2) is 0 Å². The van der Waals surface area contributed by atoms with E-state index in [2.05, 4.69) is 4.98 Å². The van der Waals surface area contributed by atoms with Crippen LogP contribution in [0, 0.1) is 17.0 Å². The molecule has 0 aliphatic rings. The Balaban J connectivity index is 1.93. The average Bonchev–Trinajstić information content (AvgIpc) is 2.90. The van der Waals surface area contributed by atoms with Gasteiger partial charge in [-0.05, 0) is 26.0 Å². The molecule has 1 heterocycles. The van der Waals surface area contributed by atoms with Crippen molar-refractivity contribution < 1.29 is 14.5 Å². The van der Waals surface area contributed by atoms with E-state index in [4.69, 9.17) is 4.74 Å². The first kappa shape index (κ1) is 15.7. The van der Waals surface area contributed by atoms with Gasteiger partial charge in [0.15, 0.2) is 11.9 Å². The first-order valence-corrected chi connectivity index (χ1v) is 7.50. The van der Waals surface area contributed by atoms with Crippen LogP contribution in [0.15, 0.2) is 48.5 Å². The third-order valence-electron chi connectivity index (χ3n) is 3.87. The SMILES string of the molecule is Cc1[nH]c2ccccc2c1C(=O)C(C)Oc1ccccc1[N+](=O)[O-].